The molecule has 30 heavy (non-hydrogen) atoms. The first-order chi connectivity index (χ1) is 14.1. The van der Waals surface area contributed by atoms with Gasteiger partial charge in [0, 0.05) is 13.1 Å². The van der Waals surface area contributed by atoms with Crippen molar-refractivity contribution in [3.05, 3.63) is 66.0 Å². The van der Waals surface area contributed by atoms with Gasteiger partial charge in [-0.05, 0) is 43.7 Å². The van der Waals surface area contributed by atoms with Crippen LogP contribution < -0.4 is 9.62 Å². The number of likely N-dealkylation sites (N-methyl/N-ethyl adjacent to an activating group) is 1. The van der Waals surface area contributed by atoms with Crippen molar-refractivity contribution in [2.24, 2.45) is 0 Å². The smallest absolute Gasteiger partial charge is 0.244 e. The molecule has 0 saturated heterocycles. The van der Waals surface area contributed by atoms with Crippen LogP contribution in [0.4, 0.5) is 10.1 Å². The second-order valence-electron chi connectivity index (χ2n) is 6.82. The molecule has 1 N–H and O–H groups in total. The Hall–Kier alpha value is -2.94. The van der Waals surface area contributed by atoms with Gasteiger partial charge in [-0.1, -0.05) is 30.3 Å². The van der Waals surface area contributed by atoms with Crippen molar-refractivity contribution in [1.29, 1.82) is 0 Å². The molecule has 1 atom stereocenters. The van der Waals surface area contributed by atoms with Gasteiger partial charge in [-0.25, -0.2) is 12.8 Å². The van der Waals surface area contributed by atoms with Gasteiger partial charge in [-0.3, -0.25) is 13.9 Å². The molecule has 0 saturated carbocycles. The first-order valence-corrected chi connectivity index (χ1v) is 11.3. The SMILES string of the molecule is CCNC(=O)[C@@H](C)N(Cc1ccc(F)cc1)C(=O)CN(c1ccccc1)S(C)(=O)=O. The molecular formula is C21H26FN3O4S. The molecule has 9 heteroatoms. The molecule has 0 bridgehead atoms. The van der Waals surface area contributed by atoms with Crippen LogP contribution in [-0.2, 0) is 26.2 Å². The number of sulfonamides is 1. The number of nitrogens with zero attached hydrogens (tertiary/aromatic N) is 2. The first kappa shape index (κ1) is 23.3. The van der Waals surface area contributed by atoms with Gasteiger partial charge in [-0.15, -0.1) is 0 Å². The van der Waals surface area contributed by atoms with E-state index >= 15 is 0 Å². The van der Waals surface area contributed by atoms with Gasteiger partial charge in [0.1, 0.15) is 18.4 Å². The van der Waals surface area contributed by atoms with E-state index in [1.807, 2.05) is 0 Å². The summed E-state index contributed by atoms with van der Waals surface area (Å²) in [5.41, 5.74) is 0.965. The van der Waals surface area contributed by atoms with Crippen LogP contribution in [0.2, 0.25) is 0 Å². The maximum Gasteiger partial charge on any atom is 0.244 e. The zero-order chi connectivity index (χ0) is 22.3. The normalized spacial score (nSPS) is 12.1. The molecule has 0 unspecified atom stereocenters. The van der Waals surface area contributed by atoms with Crippen LogP contribution in [0.3, 0.4) is 0 Å². The number of para-hydroxylation sites is 1. The summed E-state index contributed by atoms with van der Waals surface area (Å²) in [6.07, 6.45) is 1.02. The van der Waals surface area contributed by atoms with Crippen molar-refractivity contribution in [3.8, 4) is 0 Å². The second-order valence-corrected chi connectivity index (χ2v) is 8.73. The fourth-order valence-corrected chi connectivity index (χ4v) is 3.75. The molecule has 0 aromatic heterocycles. The fourth-order valence-electron chi connectivity index (χ4n) is 2.90. The number of carbonyl (C=O) groups is 2. The van der Waals surface area contributed by atoms with E-state index in [1.165, 1.54) is 29.2 Å². The third-order valence-electron chi connectivity index (χ3n) is 4.51. The van der Waals surface area contributed by atoms with Crippen molar-refractivity contribution < 1.29 is 22.4 Å². The van der Waals surface area contributed by atoms with Crippen LogP contribution in [0.1, 0.15) is 19.4 Å². The number of amides is 2. The number of anilines is 1. The number of halogens is 1. The molecule has 7 nitrogen and oxygen atoms in total. The van der Waals surface area contributed by atoms with Gasteiger partial charge in [-0.2, -0.15) is 0 Å². The number of carbonyl (C=O) groups excluding carboxylic acids is 2. The van der Waals surface area contributed by atoms with E-state index in [-0.39, 0.29) is 12.5 Å². The predicted molar refractivity (Wildman–Crippen MR) is 114 cm³/mol. The van der Waals surface area contributed by atoms with Crippen LogP contribution in [0.25, 0.3) is 0 Å². The molecular weight excluding hydrogens is 409 g/mol. The molecule has 0 fully saturated rings. The van der Waals surface area contributed by atoms with E-state index in [0.717, 1.165) is 10.6 Å². The molecule has 2 amide bonds. The van der Waals surface area contributed by atoms with Crippen molar-refractivity contribution >= 4 is 27.5 Å². The minimum atomic E-state index is -3.75. The molecule has 0 aliphatic carbocycles. The molecule has 0 aliphatic rings. The molecule has 2 rings (SSSR count). The Balaban J connectivity index is 2.34. The quantitative estimate of drug-likeness (QED) is 0.654. The highest BCUT2D eigenvalue weighted by molar-refractivity contribution is 7.92. The largest absolute Gasteiger partial charge is 0.355 e. The van der Waals surface area contributed by atoms with Crippen LogP contribution in [-0.4, -0.2) is 50.5 Å². The van der Waals surface area contributed by atoms with E-state index in [9.17, 15) is 22.4 Å². The molecule has 0 heterocycles. The molecule has 0 spiro atoms. The summed E-state index contributed by atoms with van der Waals surface area (Å²) in [6.45, 7) is 3.29. The lowest BCUT2D eigenvalue weighted by atomic mass is 10.1. The van der Waals surface area contributed by atoms with E-state index in [0.29, 0.717) is 17.8 Å². The molecule has 2 aromatic rings. The van der Waals surface area contributed by atoms with Gasteiger partial charge in [0.15, 0.2) is 0 Å². The Morgan fingerprint density at radius 1 is 1.07 bits per heavy atom. The van der Waals surface area contributed by atoms with Crippen LogP contribution in [0.5, 0.6) is 0 Å². The molecule has 162 valence electrons. The first-order valence-electron chi connectivity index (χ1n) is 9.48. The van der Waals surface area contributed by atoms with E-state index in [1.54, 1.807) is 44.2 Å². The summed E-state index contributed by atoms with van der Waals surface area (Å²) in [6, 6.07) is 13.0. The minimum Gasteiger partial charge on any atom is -0.355 e. The standard InChI is InChI=1S/C21H26FN3O4S/c1-4-23-21(27)16(2)24(14-17-10-12-18(22)13-11-17)20(26)15-25(30(3,28)29)19-8-6-5-7-9-19/h5-13,16H,4,14-15H2,1-3H3,(H,23,27)/t16-/m1/s1. The summed E-state index contributed by atoms with van der Waals surface area (Å²) in [7, 11) is -3.75. The van der Waals surface area contributed by atoms with Crippen LogP contribution in [0, 0.1) is 5.82 Å². The summed E-state index contributed by atoms with van der Waals surface area (Å²) in [5, 5.41) is 2.67. The van der Waals surface area contributed by atoms with Crippen molar-refractivity contribution in [1.82, 2.24) is 10.2 Å². The van der Waals surface area contributed by atoms with Crippen molar-refractivity contribution in [2.45, 2.75) is 26.4 Å². The highest BCUT2D eigenvalue weighted by Crippen LogP contribution is 2.18. The summed E-state index contributed by atoms with van der Waals surface area (Å²) in [4.78, 5) is 26.8. The lowest BCUT2D eigenvalue weighted by Crippen LogP contribution is -2.51. The van der Waals surface area contributed by atoms with Crippen LogP contribution >= 0.6 is 0 Å². The van der Waals surface area contributed by atoms with Gasteiger partial charge < -0.3 is 10.2 Å². The highest BCUT2D eigenvalue weighted by atomic mass is 32.2. The van der Waals surface area contributed by atoms with E-state index in [4.69, 9.17) is 0 Å². The summed E-state index contributed by atoms with van der Waals surface area (Å²) >= 11 is 0. The van der Waals surface area contributed by atoms with Crippen LogP contribution in [0.15, 0.2) is 54.6 Å². The van der Waals surface area contributed by atoms with Gasteiger partial charge in [0.05, 0.1) is 11.9 Å². The Kier molecular flexibility index (Phi) is 7.93. The maximum atomic E-state index is 13.2. The number of hydrogen-bond donors (Lipinski definition) is 1. The monoisotopic (exact) mass is 435 g/mol. The topological polar surface area (TPSA) is 86.8 Å². The average molecular weight is 436 g/mol. The summed E-state index contributed by atoms with van der Waals surface area (Å²) in [5.74, 6) is -1.33. The number of rotatable bonds is 9. The number of nitrogens with one attached hydrogen (secondary N) is 1. The van der Waals surface area contributed by atoms with Gasteiger partial charge >= 0.3 is 0 Å². The van der Waals surface area contributed by atoms with Crippen molar-refractivity contribution in [2.75, 3.05) is 23.7 Å². The Labute approximate surface area is 176 Å². The van der Waals surface area contributed by atoms with E-state index in [2.05, 4.69) is 5.32 Å². The average Bonchev–Trinajstić information content (AvgIpc) is 2.71. The molecule has 0 aliphatic heterocycles. The number of benzene rings is 2. The Morgan fingerprint density at radius 3 is 2.20 bits per heavy atom. The molecule has 2 aromatic carbocycles. The summed E-state index contributed by atoms with van der Waals surface area (Å²) < 4.78 is 38.9. The fraction of sp³-hybridized carbons (Fsp3) is 0.333. The lowest BCUT2D eigenvalue weighted by molar-refractivity contribution is -0.139. The van der Waals surface area contributed by atoms with Crippen molar-refractivity contribution in [3.63, 3.8) is 0 Å². The third kappa shape index (κ3) is 6.28. The van der Waals surface area contributed by atoms with Gasteiger partial charge in [0.25, 0.3) is 0 Å². The van der Waals surface area contributed by atoms with E-state index < -0.39 is 34.3 Å². The maximum absolute atomic E-state index is 13.2. The predicted octanol–water partition coefficient (Wildman–Crippen LogP) is 2.15. The second kappa shape index (κ2) is 10.2. The molecule has 0 radical (unpaired) electrons. The number of hydrogen-bond acceptors (Lipinski definition) is 4. The third-order valence-corrected chi connectivity index (χ3v) is 5.65. The Morgan fingerprint density at radius 2 is 1.67 bits per heavy atom. The zero-order valence-electron chi connectivity index (χ0n) is 17.2. The minimum absolute atomic E-state index is 0.0316. The highest BCUT2D eigenvalue weighted by Gasteiger charge is 2.29. The zero-order valence-corrected chi connectivity index (χ0v) is 18.0. The van der Waals surface area contributed by atoms with Gasteiger partial charge in [0.2, 0.25) is 21.8 Å². The lowest BCUT2D eigenvalue weighted by Gasteiger charge is -2.31. The Bertz CT molecular complexity index is 966.